The molecule has 1 atom stereocenters. The number of nitrogens with one attached hydrogen (secondary N) is 1. The van der Waals surface area contributed by atoms with Crippen LogP contribution in [0.15, 0.2) is 12.3 Å². The highest BCUT2D eigenvalue weighted by atomic mass is 16.4. The third-order valence-corrected chi connectivity index (χ3v) is 2.48. The Balaban J connectivity index is 2.95. The van der Waals surface area contributed by atoms with Crippen LogP contribution in [0.1, 0.15) is 42.6 Å². The summed E-state index contributed by atoms with van der Waals surface area (Å²) in [4.78, 5) is 15.2. The molecule has 0 bridgehead atoms. The van der Waals surface area contributed by atoms with Gasteiger partial charge in [0.05, 0.1) is 0 Å². The van der Waals surface area contributed by atoms with Crippen molar-refractivity contribution < 1.29 is 9.90 Å². The lowest BCUT2D eigenvalue weighted by Crippen LogP contribution is -2.18. The summed E-state index contributed by atoms with van der Waals surface area (Å²) in [7, 11) is 0. The second-order valence-electron chi connectivity index (χ2n) is 3.99. The Bertz CT molecular complexity index is 377. The van der Waals surface area contributed by atoms with E-state index in [-0.39, 0.29) is 11.6 Å². The lowest BCUT2D eigenvalue weighted by atomic mass is 10.1. The molecule has 4 nitrogen and oxygen atoms in total. The molecule has 0 aliphatic heterocycles. The van der Waals surface area contributed by atoms with Gasteiger partial charge in [0, 0.05) is 12.2 Å². The lowest BCUT2D eigenvalue weighted by molar-refractivity contribution is 0.0697. The van der Waals surface area contributed by atoms with Gasteiger partial charge in [0.15, 0.2) is 0 Å². The van der Waals surface area contributed by atoms with Gasteiger partial charge in [-0.25, -0.2) is 9.78 Å². The first-order chi connectivity index (χ1) is 7.56. The van der Waals surface area contributed by atoms with Gasteiger partial charge in [-0.05, 0) is 31.9 Å². The molecule has 1 unspecified atom stereocenters. The molecule has 0 aliphatic carbocycles. The highest BCUT2D eigenvalue weighted by molar-refractivity contribution is 5.94. The Kier molecular flexibility index (Phi) is 4.28. The second kappa shape index (κ2) is 5.49. The fraction of sp³-hybridized carbons (Fsp3) is 0.500. The average molecular weight is 222 g/mol. The molecule has 0 saturated carbocycles. The summed E-state index contributed by atoms with van der Waals surface area (Å²) in [6.07, 6.45) is 3.68. The Morgan fingerprint density at radius 2 is 2.31 bits per heavy atom. The number of carboxylic acid groups (broad SMARTS) is 1. The van der Waals surface area contributed by atoms with Crippen molar-refractivity contribution in [1.29, 1.82) is 0 Å². The van der Waals surface area contributed by atoms with Gasteiger partial charge in [0.25, 0.3) is 0 Å². The molecule has 0 spiro atoms. The van der Waals surface area contributed by atoms with E-state index in [1.165, 1.54) is 0 Å². The highest BCUT2D eigenvalue weighted by Crippen LogP contribution is 2.18. The molecule has 0 radical (unpaired) electrons. The minimum atomic E-state index is -0.934. The molecule has 0 aliphatic rings. The number of carbonyl (C=O) groups is 1. The van der Waals surface area contributed by atoms with Crippen molar-refractivity contribution in [1.82, 2.24) is 4.98 Å². The Hall–Kier alpha value is -1.58. The van der Waals surface area contributed by atoms with Crippen molar-refractivity contribution in [3.05, 3.63) is 23.4 Å². The molecule has 0 amide bonds. The van der Waals surface area contributed by atoms with Crippen molar-refractivity contribution in [3.63, 3.8) is 0 Å². The zero-order valence-corrected chi connectivity index (χ0v) is 9.95. The first-order valence-corrected chi connectivity index (χ1v) is 5.51. The van der Waals surface area contributed by atoms with Gasteiger partial charge in [-0.15, -0.1) is 0 Å². The van der Waals surface area contributed by atoms with E-state index in [9.17, 15) is 4.79 Å². The molecule has 16 heavy (non-hydrogen) atoms. The van der Waals surface area contributed by atoms with E-state index < -0.39 is 5.97 Å². The summed E-state index contributed by atoms with van der Waals surface area (Å²) in [5.41, 5.74) is 0.999. The van der Waals surface area contributed by atoms with Crippen molar-refractivity contribution in [2.24, 2.45) is 0 Å². The molecule has 0 saturated heterocycles. The molecule has 1 aromatic rings. The van der Waals surface area contributed by atoms with Gasteiger partial charge >= 0.3 is 5.97 Å². The van der Waals surface area contributed by atoms with Gasteiger partial charge in [0.1, 0.15) is 11.4 Å². The molecule has 1 aromatic heterocycles. The minimum Gasteiger partial charge on any atom is -0.478 e. The highest BCUT2D eigenvalue weighted by Gasteiger charge is 2.15. The number of hydrogen-bond acceptors (Lipinski definition) is 3. The fourth-order valence-corrected chi connectivity index (χ4v) is 1.68. The molecule has 2 N–H and O–H groups in total. The van der Waals surface area contributed by atoms with Crippen LogP contribution in [0.2, 0.25) is 0 Å². The third-order valence-electron chi connectivity index (χ3n) is 2.48. The maximum atomic E-state index is 11.1. The maximum Gasteiger partial charge on any atom is 0.339 e. The normalized spacial score (nSPS) is 12.2. The van der Waals surface area contributed by atoms with Crippen LogP contribution in [-0.4, -0.2) is 22.1 Å². The number of aromatic nitrogens is 1. The van der Waals surface area contributed by atoms with Crippen molar-refractivity contribution in [3.8, 4) is 0 Å². The van der Waals surface area contributed by atoms with Gasteiger partial charge in [-0.3, -0.25) is 0 Å². The summed E-state index contributed by atoms with van der Waals surface area (Å²) in [5.74, 6) is -0.467. The summed E-state index contributed by atoms with van der Waals surface area (Å²) >= 11 is 0. The van der Waals surface area contributed by atoms with E-state index >= 15 is 0 Å². The van der Waals surface area contributed by atoms with Crippen LogP contribution in [-0.2, 0) is 0 Å². The van der Waals surface area contributed by atoms with Crippen LogP contribution in [0.3, 0.4) is 0 Å². The van der Waals surface area contributed by atoms with Gasteiger partial charge in [-0.2, -0.15) is 0 Å². The second-order valence-corrected chi connectivity index (χ2v) is 3.99. The van der Waals surface area contributed by atoms with Gasteiger partial charge in [0.2, 0.25) is 0 Å². The zero-order valence-electron chi connectivity index (χ0n) is 9.95. The maximum absolute atomic E-state index is 11.1. The summed E-state index contributed by atoms with van der Waals surface area (Å²) in [6.45, 7) is 5.90. The van der Waals surface area contributed by atoms with Crippen LogP contribution in [0.25, 0.3) is 0 Å². The SMILES string of the molecule is CCCC(C)Nc1nccc(C)c1C(=O)O. The number of hydrogen-bond donors (Lipinski definition) is 2. The standard InChI is InChI=1S/C12H18N2O2/c1-4-5-9(3)14-11-10(12(15)16)8(2)6-7-13-11/h6-7,9H,4-5H2,1-3H3,(H,13,14)(H,15,16). The molecule has 88 valence electrons. The Morgan fingerprint density at radius 3 is 2.88 bits per heavy atom. The summed E-state index contributed by atoms with van der Waals surface area (Å²) in [6, 6.07) is 1.94. The minimum absolute atomic E-state index is 0.234. The lowest BCUT2D eigenvalue weighted by Gasteiger charge is -2.15. The number of pyridine rings is 1. The number of nitrogens with zero attached hydrogens (tertiary/aromatic N) is 1. The van der Waals surface area contributed by atoms with Crippen LogP contribution in [0.4, 0.5) is 5.82 Å². The van der Waals surface area contributed by atoms with Crippen molar-refractivity contribution >= 4 is 11.8 Å². The molecule has 4 heteroatoms. The predicted molar refractivity (Wildman–Crippen MR) is 63.9 cm³/mol. The Labute approximate surface area is 95.7 Å². The van der Waals surface area contributed by atoms with E-state index in [4.69, 9.17) is 5.11 Å². The first-order valence-electron chi connectivity index (χ1n) is 5.51. The van der Waals surface area contributed by atoms with E-state index in [0.29, 0.717) is 5.82 Å². The number of aryl methyl sites for hydroxylation is 1. The van der Waals surface area contributed by atoms with Crippen LogP contribution in [0.5, 0.6) is 0 Å². The summed E-state index contributed by atoms with van der Waals surface area (Å²) in [5, 5.41) is 12.3. The molecule has 1 heterocycles. The van der Waals surface area contributed by atoms with Crippen LogP contribution >= 0.6 is 0 Å². The van der Waals surface area contributed by atoms with E-state index in [2.05, 4.69) is 17.2 Å². The largest absolute Gasteiger partial charge is 0.478 e. The van der Waals surface area contributed by atoms with E-state index in [0.717, 1.165) is 18.4 Å². The van der Waals surface area contributed by atoms with Crippen molar-refractivity contribution in [2.75, 3.05) is 5.32 Å². The fourth-order valence-electron chi connectivity index (χ4n) is 1.68. The van der Waals surface area contributed by atoms with E-state index in [1.54, 1.807) is 19.2 Å². The molecule has 0 fully saturated rings. The summed E-state index contributed by atoms with van der Waals surface area (Å²) < 4.78 is 0. The number of rotatable bonds is 5. The van der Waals surface area contributed by atoms with Gasteiger partial charge in [-0.1, -0.05) is 13.3 Å². The molecular weight excluding hydrogens is 204 g/mol. The van der Waals surface area contributed by atoms with Crippen LogP contribution in [0, 0.1) is 6.92 Å². The quantitative estimate of drug-likeness (QED) is 0.804. The monoisotopic (exact) mass is 222 g/mol. The molecule has 1 rings (SSSR count). The zero-order chi connectivity index (χ0) is 12.1. The average Bonchev–Trinajstić information content (AvgIpc) is 2.17. The molecular formula is C12H18N2O2. The number of aromatic carboxylic acids is 1. The number of carboxylic acids is 1. The van der Waals surface area contributed by atoms with Crippen molar-refractivity contribution in [2.45, 2.75) is 39.7 Å². The Morgan fingerprint density at radius 1 is 1.62 bits per heavy atom. The van der Waals surface area contributed by atoms with Crippen LogP contribution < -0.4 is 5.32 Å². The third kappa shape index (κ3) is 2.95. The van der Waals surface area contributed by atoms with Gasteiger partial charge < -0.3 is 10.4 Å². The predicted octanol–water partition coefficient (Wildman–Crippen LogP) is 2.69. The number of anilines is 1. The first kappa shape index (κ1) is 12.5. The molecule has 0 aromatic carbocycles. The van der Waals surface area contributed by atoms with E-state index in [1.807, 2.05) is 6.92 Å². The topological polar surface area (TPSA) is 62.2 Å². The smallest absolute Gasteiger partial charge is 0.339 e.